The van der Waals surface area contributed by atoms with E-state index in [9.17, 15) is 10.1 Å². The first kappa shape index (κ1) is 11.3. The number of non-ortho nitro benzene ring substituents is 1. The lowest BCUT2D eigenvalue weighted by Crippen LogP contribution is -1.89. The first-order valence-electron chi connectivity index (χ1n) is 5.31. The molecule has 1 radical (unpaired) electrons. The van der Waals surface area contributed by atoms with Gasteiger partial charge in [0.05, 0.1) is 4.92 Å². The van der Waals surface area contributed by atoms with Gasteiger partial charge in [0.25, 0.3) is 5.69 Å². The van der Waals surface area contributed by atoms with Crippen LogP contribution in [0.15, 0.2) is 48.5 Å². The molecule has 0 bridgehead atoms. The molecule has 0 spiro atoms. The van der Waals surface area contributed by atoms with E-state index in [1.807, 2.05) is 37.6 Å². The molecule has 0 aliphatic heterocycles. The normalized spacial score (nSPS) is 10.2. The van der Waals surface area contributed by atoms with Gasteiger partial charge in [0, 0.05) is 18.6 Å². The van der Waals surface area contributed by atoms with Gasteiger partial charge in [-0.25, -0.2) is 0 Å². The second-order valence-electron chi connectivity index (χ2n) is 3.90. The Morgan fingerprint density at radius 3 is 1.88 bits per heavy atom. The Morgan fingerprint density at radius 2 is 1.41 bits per heavy atom. The fraction of sp³-hybridized carbons (Fsp3) is 0.0714. The summed E-state index contributed by atoms with van der Waals surface area (Å²) in [6.07, 6.45) is 1.99. The Balaban J connectivity index is 2.13. The van der Waals surface area contributed by atoms with E-state index < -0.39 is 4.92 Å². The molecule has 0 aromatic heterocycles. The fourth-order valence-electron chi connectivity index (χ4n) is 1.55. The summed E-state index contributed by atoms with van der Waals surface area (Å²) in [6, 6.07) is 14.7. The lowest BCUT2D eigenvalue weighted by molar-refractivity contribution is -0.384. The van der Waals surface area contributed by atoms with Crippen LogP contribution in [0.3, 0.4) is 0 Å². The Kier molecular flexibility index (Phi) is 3.19. The van der Waals surface area contributed by atoms with Crippen molar-refractivity contribution in [3.8, 4) is 0 Å². The van der Waals surface area contributed by atoms with Crippen molar-refractivity contribution in [2.24, 2.45) is 0 Å². The monoisotopic (exact) mass is 226 g/mol. The van der Waals surface area contributed by atoms with Crippen molar-refractivity contribution in [3.63, 3.8) is 0 Å². The zero-order valence-corrected chi connectivity index (χ0v) is 9.46. The average Bonchev–Trinajstić information content (AvgIpc) is 2.33. The molecule has 3 nitrogen and oxygen atoms in total. The van der Waals surface area contributed by atoms with E-state index in [1.165, 1.54) is 17.7 Å². The van der Waals surface area contributed by atoms with Crippen LogP contribution in [-0.2, 0) is 0 Å². The van der Waals surface area contributed by atoms with Gasteiger partial charge in [0.2, 0.25) is 0 Å². The molecule has 0 fully saturated rings. The van der Waals surface area contributed by atoms with Crippen LogP contribution in [0.5, 0.6) is 0 Å². The van der Waals surface area contributed by atoms with Crippen LogP contribution in [0.25, 0.3) is 0 Å². The van der Waals surface area contributed by atoms with Gasteiger partial charge in [0.1, 0.15) is 0 Å². The molecular formula is C14H12NO2. The number of hydrogen-bond acceptors (Lipinski definition) is 2. The zero-order chi connectivity index (χ0) is 12.3. The molecule has 2 aromatic carbocycles. The van der Waals surface area contributed by atoms with Crippen LogP contribution in [0.2, 0.25) is 0 Å². The lowest BCUT2D eigenvalue weighted by Gasteiger charge is -2.01. The largest absolute Gasteiger partial charge is 0.269 e. The summed E-state index contributed by atoms with van der Waals surface area (Å²) in [4.78, 5) is 10.1. The first-order valence-corrected chi connectivity index (χ1v) is 5.31. The molecule has 0 saturated heterocycles. The van der Waals surface area contributed by atoms with Crippen molar-refractivity contribution in [2.45, 2.75) is 6.92 Å². The van der Waals surface area contributed by atoms with Gasteiger partial charge in [0.15, 0.2) is 0 Å². The predicted octanol–water partition coefficient (Wildman–Crippen LogP) is 3.50. The van der Waals surface area contributed by atoms with E-state index in [0.29, 0.717) is 0 Å². The van der Waals surface area contributed by atoms with Crippen LogP contribution < -0.4 is 0 Å². The molecule has 0 amide bonds. The van der Waals surface area contributed by atoms with E-state index in [2.05, 4.69) is 0 Å². The van der Waals surface area contributed by atoms with Crippen LogP contribution in [0.1, 0.15) is 16.7 Å². The van der Waals surface area contributed by atoms with Crippen molar-refractivity contribution in [2.75, 3.05) is 0 Å². The predicted molar refractivity (Wildman–Crippen MR) is 66.8 cm³/mol. The molecule has 2 rings (SSSR count). The molecule has 2 aromatic rings. The third-order valence-corrected chi connectivity index (χ3v) is 2.51. The molecule has 3 heteroatoms. The Morgan fingerprint density at radius 1 is 0.941 bits per heavy atom. The standard InChI is InChI=1S/C14H12NO2/c1-11-2-4-12(5-3-11)10-13-6-8-14(9-7-13)15(16)17/h2-10H,1H3. The van der Waals surface area contributed by atoms with Gasteiger partial charge in [-0.3, -0.25) is 10.1 Å². The maximum atomic E-state index is 10.5. The third kappa shape index (κ3) is 2.91. The summed E-state index contributed by atoms with van der Waals surface area (Å²) in [5, 5.41) is 10.5. The summed E-state index contributed by atoms with van der Waals surface area (Å²) in [7, 11) is 0. The molecule has 0 heterocycles. The first-order chi connectivity index (χ1) is 8.15. The highest BCUT2D eigenvalue weighted by Gasteiger charge is 2.04. The highest BCUT2D eigenvalue weighted by molar-refractivity contribution is 5.42. The van der Waals surface area contributed by atoms with Gasteiger partial charge in [-0.1, -0.05) is 42.0 Å². The second kappa shape index (κ2) is 4.78. The van der Waals surface area contributed by atoms with E-state index >= 15 is 0 Å². The van der Waals surface area contributed by atoms with Gasteiger partial charge in [-0.05, 0) is 18.1 Å². The number of nitro benzene ring substituents is 1. The molecule has 0 aliphatic carbocycles. The number of aryl methyl sites for hydroxylation is 1. The lowest BCUT2D eigenvalue weighted by atomic mass is 10.0. The molecular weight excluding hydrogens is 214 g/mol. The Hall–Kier alpha value is -2.16. The van der Waals surface area contributed by atoms with Gasteiger partial charge >= 0.3 is 0 Å². The molecule has 17 heavy (non-hydrogen) atoms. The summed E-state index contributed by atoms with van der Waals surface area (Å²) in [6.45, 7) is 2.04. The van der Waals surface area contributed by atoms with E-state index in [1.54, 1.807) is 12.1 Å². The SMILES string of the molecule is Cc1ccc([CH]c2ccc([N+](=O)[O-])cc2)cc1. The van der Waals surface area contributed by atoms with Gasteiger partial charge in [-0.15, -0.1) is 0 Å². The number of benzene rings is 2. The summed E-state index contributed by atoms with van der Waals surface area (Å²) in [5.41, 5.74) is 3.38. The molecule has 85 valence electrons. The minimum atomic E-state index is -0.393. The summed E-state index contributed by atoms with van der Waals surface area (Å²) >= 11 is 0. The summed E-state index contributed by atoms with van der Waals surface area (Å²) < 4.78 is 0. The van der Waals surface area contributed by atoms with Crippen LogP contribution >= 0.6 is 0 Å². The maximum absolute atomic E-state index is 10.5. The van der Waals surface area contributed by atoms with Crippen molar-refractivity contribution < 1.29 is 4.92 Å². The van der Waals surface area contributed by atoms with E-state index in [-0.39, 0.29) is 5.69 Å². The minimum Gasteiger partial charge on any atom is -0.258 e. The quantitative estimate of drug-likeness (QED) is 0.593. The van der Waals surface area contributed by atoms with Crippen molar-refractivity contribution in [3.05, 3.63) is 81.8 Å². The third-order valence-electron chi connectivity index (χ3n) is 2.51. The minimum absolute atomic E-state index is 0.117. The van der Waals surface area contributed by atoms with Crippen molar-refractivity contribution >= 4 is 5.69 Å². The fourth-order valence-corrected chi connectivity index (χ4v) is 1.55. The van der Waals surface area contributed by atoms with Crippen LogP contribution in [-0.4, -0.2) is 4.92 Å². The zero-order valence-electron chi connectivity index (χ0n) is 9.46. The summed E-state index contributed by atoms with van der Waals surface area (Å²) in [5.74, 6) is 0. The van der Waals surface area contributed by atoms with E-state index in [0.717, 1.165) is 11.1 Å². The highest BCUT2D eigenvalue weighted by Crippen LogP contribution is 2.16. The molecule has 0 saturated carbocycles. The molecule has 0 N–H and O–H groups in total. The maximum Gasteiger partial charge on any atom is 0.269 e. The number of hydrogen-bond donors (Lipinski definition) is 0. The topological polar surface area (TPSA) is 43.1 Å². The Bertz CT molecular complexity index is 515. The van der Waals surface area contributed by atoms with E-state index in [4.69, 9.17) is 0 Å². The number of nitro groups is 1. The van der Waals surface area contributed by atoms with Gasteiger partial charge in [-0.2, -0.15) is 0 Å². The second-order valence-corrected chi connectivity index (χ2v) is 3.90. The van der Waals surface area contributed by atoms with Crippen LogP contribution in [0.4, 0.5) is 5.69 Å². The molecule has 0 unspecified atom stereocenters. The number of nitrogens with zero attached hydrogens (tertiary/aromatic N) is 1. The van der Waals surface area contributed by atoms with Crippen molar-refractivity contribution in [1.29, 1.82) is 0 Å². The smallest absolute Gasteiger partial charge is 0.258 e. The highest BCUT2D eigenvalue weighted by atomic mass is 16.6. The molecule has 0 atom stereocenters. The average molecular weight is 226 g/mol. The van der Waals surface area contributed by atoms with Crippen molar-refractivity contribution in [1.82, 2.24) is 0 Å². The van der Waals surface area contributed by atoms with Crippen LogP contribution in [0, 0.1) is 23.5 Å². The number of rotatable bonds is 3. The Labute approximate surface area is 99.9 Å². The molecule has 0 aliphatic rings. The van der Waals surface area contributed by atoms with Gasteiger partial charge < -0.3 is 0 Å².